The lowest BCUT2D eigenvalue weighted by molar-refractivity contribution is -0.115. The van der Waals surface area contributed by atoms with Crippen molar-refractivity contribution in [2.45, 2.75) is 18.2 Å². The molecule has 21 heavy (non-hydrogen) atoms. The lowest BCUT2D eigenvalue weighted by Gasteiger charge is -2.06. The maximum atomic E-state index is 11.9. The minimum atomic E-state index is -0.0343. The van der Waals surface area contributed by atoms with Gasteiger partial charge < -0.3 is 5.32 Å². The number of aryl methyl sites for hydroxylation is 1. The highest BCUT2D eigenvalue weighted by Crippen LogP contribution is 2.25. The van der Waals surface area contributed by atoms with E-state index in [1.165, 1.54) is 10.5 Å². The Morgan fingerprint density at radius 1 is 1.10 bits per heavy atom. The first kappa shape index (κ1) is 16.2. The Balaban J connectivity index is 1.79. The highest BCUT2D eigenvalue weighted by atomic mass is 35.5. The Labute approximate surface area is 138 Å². The van der Waals surface area contributed by atoms with Crippen LogP contribution >= 0.6 is 35.0 Å². The van der Waals surface area contributed by atoms with E-state index in [9.17, 15) is 4.79 Å². The molecule has 1 amide bonds. The summed E-state index contributed by atoms with van der Waals surface area (Å²) < 4.78 is 0. The first-order valence-electron chi connectivity index (χ1n) is 6.49. The fourth-order valence-electron chi connectivity index (χ4n) is 1.69. The molecule has 0 aliphatic heterocycles. The molecule has 0 aromatic heterocycles. The van der Waals surface area contributed by atoms with Gasteiger partial charge in [0.05, 0.1) is 10.0 Å². The molecule has 0 fully saturated rings. The monoisotopic (exact) mass is 339 g/mol. The van der Waals surface area contributed by atoms with Gasteiger partial charge in [-0.15, -0.1) is 11.8 Å². The summed E-state index contributed by atoms with van der Waals surface area (Å²) in [6.07, 6.45) is 0.443. The van der Waals surface area contributed by atoms with Gasteiger partial charge in [0.25, 0.3) is 0 Å². The Kier molecular flexibility index (Phi) is 5.97. The fraction of sp³-hybridized carbons (Fsp3) is 0.188. The molecule has 5 heteroatoms. The second-order valence-corrected chi connectivity index (χ2v) is 6.57. The number of amides is 1. The second-order valence-electron chi connectivity index (χ2n) is 4.59. The number of benzene rings is 2. The normalized spacial score (nSPS) is 10.4. The van der Waals surface area contributed by atoms with E-state index >= 15 is 0 Å². The van der Waals surface area contributed by atoms with Crippen molar-refractivity contribution in [1.82, 2.24) is 0 Å². The number of halogens is 2. The summed E-state index contributed by atoms with van der Waals surface area (Å²) in [5.41, 5.74) is 1.89. The van der Waals surface area contributed by atoms with Crippen molar-refractivity contribution in [3.63, 3.8) is 0 Å². The zero-order chi connectivity index (χ0) is 15.2. The number of rotatable bonds is 5. The van der Waals surface area contributed by atoms with Crippen LogP contribution in [0.15, 0.2) is 47.4 Å². The van der Waals surface area contributed by atoms with Crippen molar-refractivity contribution in [3.05, 3.63) is 58.1 Å². The van der Waals surface area contributed by atoms with Crippen LogP contribution in [-0.2, 0) is 4.79 Å². The van der Waals surface area contributed by atoms with Crippen LogP contribution in [0.1, 0.15) is 12.0 Å². The van der Waals surface area contributed by atoms with Crippen molar-refractivity contribution in [3.8, 4) is 0 Å². The summed E-state index contributed by atoms with van der Waals surface area (Å²) >= 11 is 13.4. The number of carbonyl (C=O) groups is 1. The van der Waals surface area contributed by atoms with E-state index in [4.69, 9.17) is 23.2 Å². The number of thioether (sulfide) groups is 1. The molecule has 0 saturated carbocycles. The lowest BCUT2D eigenvalue weighted by Crippen LogP contribution is -2.12. The molecule has 2 rings (SSSR count). The van der Waals surface area contributed by atoms with Gasteiger partial charge in [-0.3, -0.25) is 4.79 Å². The van der Waals surface area contributed by atoms with Gasteiger partial charge in [-0.05, 0) is 37.3 Å². The van der Waals surface area contributed by atoms with Crippen LogP contribution in [0.2, 0.25) is 10.0 Å². The molecule has 0 spiro atoms. The quantitative estimate of drug-likeness (QED) is 0.736. The van der Waals surface area contributed by atoms with Crippen LogP contribution in [0, 0.1) is 6.92 Å². The van der Waals surface area contributed by atoms with Gasteiger partial charge in [0.2, 0.25) is 5.91 Å². The van der Waals surface area contributed by atoms with Crippen LogP contribution in [0.5, 0.6) is 0 Å². The zero-order valence-electron chi connectivity index (χ0n) is 11.5. The van der Waals surface area contributed by atoms with Gasteiger partial charge in [0.15, 0.2) is 0 Å². The second kappa shape index (κ2) is 7.74. The number of carbonyl (C=O) groups excluding carboxylic acids is 1. The topological polar surface area (TPSA) is 29.1 Å². The fourth-order valence-corrected chi connectivity index (χ4v) is 2.84. The summed E-state index contributed by atoms with van der Waals surface area (Å²) in [4.78, 5) is 13.0. The van der Waals surface area contributed by atoms with Crippen molar-refractivity contribution in [1.29, 1.82) is 0 Å². The molecule has 2 aromatic rings. The summed E-state index contributed by atoms with van der Waals surface area (Å²) in [7, 11) is 0. The summed E-state index contributed by atoms with van der Waals surface area (Å²) in [6.45, 7) is 2.05. The Bertz CT molecular complexity index is 629. The molecule has 0 atom stereocenters. The average Bonchev–Trinajstić information content (AvgIpc) is 2.45. The van der Waals surface area contributed by atoms with E-state index in [1.54, 1.807) is 30.0 Å². The van der Waals surface area contributed by atoms with E-state index in [1.807, 2.05) is 0 Å². The van der Waals surface area contributed by atoms with Gasteiger partial charge in [-0.2, -0.15) is 0 Å². The standard InChI is InChI=1S/C16H15Cl2NOS/c1-11-2-5-13(6-3-11)21-9-8-16(20)19-12-4-7-14(17)15(18)10-12/h2-7,10H,8-9H2,1H3,(H,19,20). The van der Waals surface area contributed by atoms with Crippen LogP contribution in [0.3, 0.4) is 0 Å². The first-order chi connectivity index (χ1) is 10.0. The molecule has 2 nitrogen and oxygen atoms in total. The molecule has 0 saturated heterocycles. The third-order valence-electron chi connectivity index (χ3n) is 2.82. The van der Waals surface area contributed by atoms with E-state index in [2.05, 4.69) is 36.5 Å². The largest absolute Gasteiger partial charge is 0.326 e. The molecule has 110 valence electrons. The highest BCUT2D eigenvalue weighted by Gasteiger charge is 2.05. The minimum Gasteiger partial charge on any atom is -0.326 e. The Morgan fingerprint density at radius 2 is 1.81 bits per heavy atom. The number of anilines is 1. The smallest absolute Gasteiger partial charge is 0.225 e. The van der Waals surface area contributed by atoms with Crippen LogP contribution in [0.25, 0.3) is 0 Å². The molecule has 1 N–H and O–H groups in total. The van der Waals surface area contributed by atoms with Gasteiger partial charge in [-0.25, -0.2) is 0 Å². The molecule has 0 unspecified atom stereocenters. The first-order valence-corrected chi connectivity index (χ1v) is 8.23. The maximum Gasteiger partial charge on any atom is 0.225 e. The van der Waals surface area contributed by atoms with E-state index < -0.39 is 0 Å². The lowest BCUT2D eigenvalue weighted by atomic mass is 10.2. The Morgan fingerprint density at radius 3 is 2.48 bits per heavy atom. The number of nitrogens with one attached hydrogen (secondary N) is 1. The summed E-state index contributed by atoms with van der Waals surface area (Å²) in [5, 5.41) is 3.72. The zero-order valence-corrected chi connectivity index (χ0v) is 13.9. The minimum absolute atomic E-state index is 0.0343. The third kappa shape index (κ3) is 5.27. The molecule has 0 heterocycles. The van der Waals surface area contributed by atoms with Crippen molar-refractivity contribution in [2.75, 3.05) is 11.1 Å². The average molecular weight is 340 g/mol. The van der Waals surface area contributed by atoms with Crippen molar-refractivity contribution >= 4 is 46.6 Å². The molecule has 0 aliphatic rings. The van der Waals surface area contributed by atoms with Gasteiger partial charge in [-0.1, -0.05) is 40.9 Å². The number of hydrogen-bond acceptors (Lipinski definition) is 2. The molecular formula is C16H15Cl2NOS. The van der Waals surface area contributed by atoms with Crippen molar-refractivity contribution in [2.24, 2.45) is 0 Å². The maximum absolute atomic E-state index is 11.9. The number of hydrogen-bond donors (Lipinski definition) is 1. The van der Waals surface area contributed by atoms with Crippen LogP contribution < -0.4 is 5.32 Å². The van der Waals surface area contributed by atoms with Gasteiger partial charge in [0.1, 0.15) is 0 Å². The van der Waals surface area contributed by atoms with Crippen molar-refractivity contribution < 1.29 is 4.79 Å². The molecule has 0 radical (unpaired) electrons. The van der Waals surface area contributed by atoms with Gasteiger partial charge >= 0.3 is 0 Å². The predicted octanol–water partition coefficient (Wildman–Crippen LogP) is 5.42. The Hall–Kier alpha value is -1.16. The molecule has 0 bridgehead atoms. The van der Waals surface area contributed by atoms with E-state index in [0.29, 0.717) is 22.2 Å². The summed E-state index contributed by atoms with van der Waals surface area (Å²) in [5.74, 6) is 0.698. The highest BCUT2D eigenvalue weighted by molar-refractivity contribution is 7.99. The van der Waals surface area contributed by atoms with E-state index in [0.717, 1.165) is 5.75 Å². The summed E-state index contributed by atoms with van der Waals surface area (Å²) in [6, 6.07) is 13.3. The molecular weight excluding hydrogens is 325 g/mol. The van der Waals surface area contributed by atoms with Gasteiger partial charge in [0, 0.05) is 22.8 Å². The molecule has 2 aromatic carbocycles. The van der Waals surface area contributed by atoms with Crippen LogP contribution in [0.4, 0.5) is 5.69 Å². The SMILES string of the molecule is Cc1ccc(SCCC(=O)Nc2ccc(Cl)c(Cl)c2)cc1. The van der Waals surface area contributed by atoms with E-state index in [-0.39, 0.29) is 5.91 Å². The molecule has 0 aliphatic carbocycles. The van der Waals surface area contributed by atoms with Crippen LogP contribution in [-0.4, -0.2) is 11.7 Å². The predicted molar refractivity (Wildman–Crippen MR) is 91.6 cm³/mol. The third-order valence-corrected chi connectivity index (χ3v) is 4.57.